The van der Waals surface area contributed by atoms with E-state index in [-0.39, 0.29) is 35.3 Å². The molecule has 7 heteroatoms. The Morgan fingerprint density at radius 1 is 1.48 bits per heavy atom. The van der Waals surface area contributed by atoms with Gasteiger partial charge < -0.3 is 20.6 Å². The maximum absolute atomic E-state index is 11.7. The summed E-state index contributed by atoms with van der Waals surface area (Å²) in [5, 5.41) is 16.8. The third-order valence-electron chi connectivity index (χ3n) is 5.33. The number of aliphatic hydroxyl groups excluding tert-OH is 1. The molecule has 150 valence electrons. The predicted molar refractivity (Wildman–Crippen MR) is 118 cm³/mol. The molecule has 1 spiro atoms. The summed E-state index contributed by atoms with van der Waals surface area (Å²) in [6.07, 6.45) is 2.12. The number of aliphatic imine (C=N–C) groups is 1. The lowest BCUT2D eigenvalue weighted by atomic mass is 9.79. The van der Waals surface area contributed by atoms with Crippen LogP contribution in [0.1, 0.15) is 43.4 Å². The maximum atomic E-state index is 11.7. The van der Waals surface area contributed by atoms with E-state index in [9.17, 15) is 9.90 Å². The van der Waals surface area contributed by atoms with Gasteiger partial charge in [-0.25, -0.2) is 0 Å². The molecule has 27 heavy (non-hydrogen) atoms. The average molecular weight is 486 g/mol. The highest BCUT2D eigenvalue weighted by Crippen LogP contribution is 2.36. The monoisotopic (exact) mass is 486 g/mol. The fourth-order valence-corrected chi connectivity index (χ4v) is 4.01. The van der Waals surface area contributed by atoms with Crippen molar-refractivity contribution >= 4 is 35.8 Å². The normalized spacial score (nSPS) is 23.7. The lowest BCUT2D eigenvalue weighted by Crippen LogP contribution is -2.51. The Kier molecular flexibility index (Phi) is 7.91. The van der Waals surface area contributed by atoms with Gasteiger partial charge >= 0.3 is 0 Å². The van der Waals surface area contributed by atoms with Crippen molar-refractivity contribution in [3.8, 4) is 0 Å². The van der Waals surface area contributed by atoms with Crippen LogP contribution in [0.25, 0.3) is 0 Å². The Morgan fingerprint density at radius 2 is 2.30 bits per heavy atom. The Balaban J connectivity index is 0.00000261. The van der Waals surface area contributed by atoms with Crippen LogP contribution in [0.5, 0.6) is 0 Å². The molecule has 2 aliphatic heterocycles. The number of benzene rings is 1. The van der Waals surface area contributed by atoms with Crippen molar-refractivity contribution in [1.82, 2.24) is 15.5 Å². The lowest BCUT2D eigenvalue weighted by molar-refractivity contribution is -0.119. The van der Waals surface area contributed by atoms with Gasteiger partial charge in [0.2, 0.25) is 5.91 Å². The highest BCUT2D eigenvalue weighted by atomic mass is 127. The van der Waals surface area contributed by atoms with E-state index < -0.39 is 6.10 Å². The van der Waals surface area contributed by atoms with Gasteiger partial charge in [-0.05, 0) is 32.3 Å². The molecule has 0 saturated carbocycles. The molecular formula is C20H31IN4O2. The van der Waals surface area contributed by atoms with Crippen LogP contribution in [0, 0.1) is 12.3 Å². The molecule has 1 amide bonds. The van der Waals surface area contributed by atoms with E-state index >= 15 is 0 Å². The quantitative estimate of drug-likeness (QED) is 0.347. The zero-order valence-corrected chi connectivity index (χ0v) is 18.5. The van der Waals surface area contributed by atoms with Gasteiger partial charge in [0.25, 0.3) is 0 Å². The first-order chi connectivity index (χ1) is 12.5. The molecule has 3 rings (SSSR count). The first-order valence-corrected chi connectivity index (χ1v) is 9.56. The van der Waals surface area contributed by atoms with Crippen molar-refractivity contribution in [2.45, 2.75) is 39.2 Å². The van der Waals surface area contributed by atoms with Crippen LogP contribution in [0.3, 0.4) is 0 Å². The zero-order valence-electron chi connectivity index (χ0n) is 16.2. The Morgan fingerprint density at radius 3 is 2.96 bits per heavy atom. The van der Waals surface area contributed by atoms with Gasteiger partial charge in [-0.2, -0.15) is 0 Å². The van der Waals surface area contributed by atoms with Crippen molar-refractivity contribution in [2.75, 3.05) is 32.7 Å². The molecular weight excluding hydrogens is 455 g/mol. The summed E-state index contributed by atoms with van der Waals surface area (Å²) in [5.74, 6) is 0.987. The zero-order chi connectivity index (χ0) is 18.6. The van der Waals surface area contributed by atoms with Gasteiger partial charge in [0.1, 0.15) is 0 Å². The molecule has 0 aromatic heterocycles. The second-order valence-corrected chi connectivity index (χ2v) is 7.60. The van der Waals surface area contributed by atoms with E-state index in [1.54, 1.807) is 0 Å². The molecule has 1 aromatic rings. The molecule has 1 aromatic carbocycles. The van der Waals surface area contributed by atoms with E-state index in [1.807, 2.05) is 38.1 Å². The van der Waals surface area contributed by atoms with Crippen LogP contribution in [0.2, 0.25) is 0 Å². The number of hydrogen-bond acceptors (Lipinski definition) is 3. The number of piperidine rings is 1. The summed E-state index contributed by atoms with van der Waals surface area (Å²) in [6, 6.07) is 7.92. The first-order valence-electron chi connectivity index (χ1n) is 9.56. The minimum absolute atomic E-state index is 0. The maximum Gasteiger partial charge on any atom is 0.220 e. The third kappa shape index (κ3) is 5.57. The molecule has 2 atom stereocenters. The van der Waals surface area contributed by atoms with Crippen LogP contribution in [-0.4, -0.2) is 54.6 Å². The Labute approximate surface area is 178 Å². The van der Waals surface area contributed by atoms with Crippen molar-refractivity contribution in [2.24, 2.45) is 10.4 Å². The van der Waals surface area contributed by atoms with Crippen molar-refractivity contribution in [1.29, 1.82) is 0 Å². The third-order valence-corrected chi connectivity index (χ3v) is 5.33. The molecule has 2 saturated heterocycles. The van der Waals surface area contributed by atoms with Crippen LogP contribution in [0.15, 0.2) is 29.3 Å². The lowest BCUT2D eigenvalue weighted by Gasteiger charge is -2.40. The van der Waals surface area contributed by atoms with Gasteiger partial charge in [0.15, 0.2) is 5.96 Å². The molecule has 0 bridgehead atoms. The SMILES string of the molecule is CCNC(=NCC(O)c1cccc(C)c1)N1CCCC2(CNC(=O)C2)C1.I. The van der Waals surface area contributed by atoms with Gasteiger partial charge in [-0.15, -0.1) is 24.0 Å². The molecule has 3 N–H and O–H groups in total. The van der Waals surface area contributed by atoms with E-state index in [0.717, 1.165) is 56.1 Å². The number of likely N-dealkylation sites (tertiary alicyclic amines) is 1. The minimum atomic E-state index is -0.614. The summed E-state index contributed by atoms with van der Waals surface area (Å²) in [6.45, 7) is 7.70. The molecule has 2 fully saturated rings. The molecule has 2 heterocycles. The topological polar surface area (TPSA) is 77.0 Å². The highest BCUT2D eigenvalue weighted by Gasteiger charge is 2.42. The van der Waals surface area contributed by atoms with E-state index in [0.29, 0.717) is 13.0 Å². The van der Waals surface area contributed by atoms with E-state index in [2.05, 4.69) is 15.5 Å². The summed E-state index contributed by atoms with van der Waals surface area (Å²) < 4.78 is 0. The second kappa shape index (κ2) is 9.73. The van der Waals surface area contributed by atoms with Gasteiger partial charge in [-0.3, -0.25) is 9.79 Å². The van der Waals surface area contributed by atoms with Crippen LogP contribution >= 0.6 is 24.0 Å². The number of hydrogen-bond donors (Lipinski definition) is 3. The van der Waals surface area contributed by atoms with Crippen molar-refractivity contribution in [3.05, 3.63) is 35.4 Å². The fraction of sp³-hybridized carbons (Fsp3) is 0.600. The summed E-state index contributed by atoms with van der Waals surface area (Å²) in [7, 11) is 0. The molecule has 6 nitrogen and oxygen atoms in total. The summed E-state index contributed by atoms with van der Waals surface area (Å²) in [5.41, 5.74) is 2.06. The predicted octanol–water partition coefficient (Wildman–Crippen LogP) is 2.21. The molecule has 0 aliphatic carbocycles. The van der Waals surface area contributed by atoms with E-state index in [1.165, 1.54) is 0 Å². The van der Waals surface area contributed by atoms with Crippen molar-refractivity contribution < 1.29 is 9.90 Å². The molecule has 2 unspecified atom stereocenters. The smallest absolute Gasteiger partial charge is 0.220 e. The average Bonchev–Trinajstić information content (AvgIpc) is 2.98. The minimum Gasteiger partial charge on any atom is -0.386 e. The van der Waals surface area contributed by atoms with Crippen LogP contribution in [0.4, 0.5) is 0 Å². The largest absolute Gasteiger partial charge is 0.386 e. The first kappa shape index (κ1) is 21.9. The fourth-order valence-electron chi connectivity index (χ4n) is 4.01. The van der Waals surface area contributed by atoms with Crippen LogP contribution in [-0.2, 0) is 4.79 Å². The highest BCUT2D eigenvalue weighted by molar-refractivity contribution is 14.0. The number of nitrogens with zero attached hydrogens (tertiary/aromatic N) is 2. The molecule has 2 aliphatic rings. The van der Waals surface area contributed by atoms with Crippen molar-refractivity contribution in [3.63, 3.8) is 0 Å². The van der Waals surface area contributed by atoms with E-state index in [4.69, 9.17) is 4.99 Å². The van der Waals surface area contributed by atoms with Gasteiger partial charge in [0, 0.05) is 38.0 Å². The Hall–Kier alpha value is -1.35. The second-order valence-electron chi connectivity index (χ2n) is 7.60. The number of nitrogens with one attached hydrogen (secondary N) is 2. The standard InChI is InChI=1S/C20H30N4O2.HI/c1-3-21-19(22-12-17(25)16-7-4-6-15(2)10-16)24-9-5-8-20(14-24)11-18(26)23-13-20;/h4,6-7,10,17,25H,3,5,8-9,11-14H2,1-2H3,(H,21,22)(H,23,26);1H. The number of halogens is 1. The number of carbonyl (C=O) groups is 1. The van der Waals surface area contributed by atoms with Gasteiger partial charge in [0.05, 0.1) is 12.6 Å². The molecule has 0 radical (unpaired) electrons. The van der Waals surface area contributed by atoms with Gasteiger partial charge in [-0.1, -0.05) is 29.8 Å². The number of amides is 1. The number of carbonyl (C=O) groups excluding carboxylic acids is 1. The Bertz CT molecular complexity index is 682. The number of aryl methyl sites for hydroxylation is 1. The number of rotatable bonds is 4. The van der Waals surface area contributed by atoms with Crippen LogP contribution < -0.4 is 10.6 Å². The number of guanidine groups is 1. The summed E-state index contributed by atoms with van der Waals surface area (Å²) in [4.78, 5) is 18.6. The summed E-state index contributed by atoms with van der Waals surface area (Å²) >= 11 is 0. The number of aliphatic hydroxyl groups is 1.